The molecule has 0 amide bonds. The number of nitrogens with zero attached hydrogens (tertiary/aromatic N) is 1. The predicted molar refractivity (Wildman–Crippen MR) is 116 cm³/mol. The second kappa shape index (κ2) is 7.67. The van der Waals surface area contributed by atoms with E-state index in [2.05, 4.69) is 14.7 Å². The van der Waals surface area contributed by atoms with Crippen LogP contribution in [0.25, 0.3) is 33.1 Å². The Morgan fingerprint density at radius 3 is 2.57 bits per heavy atom. The largest absolute Gasteiger partial charge is 0.352 e. The SMILES string of the molecule is CN(C)CCNS(=O)(=O)c1ccc2[nH]c(-c3cc4ccccc4[nH]c3=O)c(F)c2c1. The minimum atomic E-state index is -3.78. The molecular formula is C21H21FN4O3S. The summed E-state index contributed by atoms with van der Waals surface area (Å²) in [5.74, 6) is -0.670. The zero-order valence-electron chi connectivity index (χ0n) is 16.5. The molecule has 0 fully saturated rings. The molecule has 0 aliphatic heterocycles. The smallest absolute Gasteiger partial charge is 0.257 e. The third kappa shape index (κ3) is 3.74. The zero-order chi connectivity index (χ0) is 21.5. The Kier molecular flexibility index (Phi) is 5.19. The average molecular weight is 428 g/mol. The molecule has 30 heavy (non-hydrogen) atoms. The van der Waals surface area contributed by atoms with Gasteiger partial charge in [-0.3, -0.25) is 4.79 Å². The molecule has 9 heteroatoms. The van der Waals surface area contributed by atoms with Gasteiger partial charge in [-0.2, -0.15) is 0 Å². The number of H-pyrrole nitrogens is 2. The molecule has 2 aromatic heterocycles. The number of benzene rings is 2. The molecule has 156 valence electrons. The van der Waals surface area contributed by atoms with Crippen LogP contribution in [0, 0.1) is 5.82 Å². The van der Waals surface area contributed by atoms with Crippen molar-refractivity contribution in [3.63, 3.8) is 0 Å². The number of hydrogen-bond donors (Lipinski definition) is 3. The van der Waals surface area contributed by atoms with Crippen molar-refractivity contribution in [2.75, 3.05) is 27.2 Å². The number of rotatable bonds is 6. The van der Waals surface area contributed by atoms with Crippen LogP contribution in [0.3, 0.4) is 0 Å². The van der Waals surface area contributed by atoms with E-state index in [4.69, 9.17) is 0 Å². The minimum Gasteiger partial charge on any atom is -0.352 e. The van der Waals surface area contributed by atoms with Crippen molar-refractivity contribution in [1.29, 1.82) is 0 Å². The first-order valence-electron chi connectivity index (χ1n) is 9.34. The summed E-state index contributed by atoms with van der Waals surface area (Å²) < 4.78 is 42.8. The summed E-state index contributed by atoms with van der Waals surface area (Å²) in [6, 6.07) is 13.0. The third-order valence-corrected chi connectivity index (χ3v) is 6.35. The Morgan fingerprint density at radius 2 is 1.80 bits per heavy atom. The fourth-order valence-corrected chi connectivity index (χ4v) is 4.36. The highest BCUT2D eigenvalue weighted by Crippen LogP contribution is 2.30. The molecule has 0 aliphatic carbocycles. The molecule has 4 rings (SSSR count). The molecule has 0 aliphatic rings. The molecule has 2 heterocycles. The number of nitrogens with one attached hydrogen (secondary N) is 3. The van der Waals surface area contributed by atoms with E-state index in [9.17, 15) is 13.2 Å². The molecule has 0 spiro atoms. The molecule has 0 atom stereocenters. The molecule has 3 N–H and O–H groups in total. The van der Waals surface area contributed by atoms with Gasteiger partial charge in [0.2, 0.25) is 10.0 Å². The molecule has 4 aromatic rings. The maximum absolute atomic E-state index is 15.2. The Hall–Kier alpha value is -3.01. The zero-order valence-corrected chi connectivity index (χ0v) is 17.3. The van der Waals surface area contributed by atoms with Gasteiger partial charge in [0, 0.05) is 29.5 Å². The maximum Gasteiger partial charge on any atom is 0.257 e. The van der Waals surface area contributed by atoms with Gasteiger partial charge in [0.15, 0.2) is 5.82 Å². The van der Waals surface area contributed by atoms with E-state index in [1.807, 2.05) is 31.1 Å². The van der Waals surface area contributed by atoms with E-state index in [1.54, 1.807) is 18.2 Å². The summed E-state index contributed by atoms with van der Waals surface area (Å²) in [7, 11) is -0.104. The van der Waals surface area contributed by atoms with Gasteiger partial charge in [0.25, 0.3) is 5.56 Å². The number of hydrogen-bond acceptors (Lipinski definition) is 4. The second-order valence-electron chi connectivity index (χ2n) is 7.32. The van der Waals surface area contributed by atoms with Gasteiger partial charge in [0.05, 0.1) is 16.2 Å². The van der Waals surface area contributed by atoms with Crippen LogP contribution in [0.2, 0.25) is 0 Å². The van der Waals surface area contributed by atoms with Crippen molar-refractivity contribution in [1.82, 2.24) is 19.6 Å². The Morgan fingerprint density at radius 1 is 1.03 bits per heavy atom. The van der Waals surface area contributed by atoms with Crippen LogP contribution >= 0.6 is 0 Å². The lowest BCUT2D eigenvalue weighted by molar-refractivity contribution is 0.412. The highest BCUT2D eigenvalue weighted by Gasteiger charge is 2.20. The normalized spacial score (nSPS) is 12.3. The number of aromatic amines is 2. The summed E-state index contributed by atoms with van der Waals surface area (Å²) in [5.41, 5.74) is 0.794. The number of aromatic nitrogens is 2. The summed E-state index contributed by atoms with van der Waals surface area (Å²) in [6.07, 6.45) is 0. The van der Waals surface area contributed by atoms with E-state index in [0.29, 0.717) is 17.6 Å². The molecular weight excluding hydrogens is 407 g/mol. The quantitative estimate of drug-likeness (QED) is 0.440. The van der Waals surface area contributed by atoms with Gasteiger partial charge in [-0.1, -0.05) is 18.2 Å². The summed E-state index contributed by atoms with van der Waals surface area (Å²) in [4.78, 5) is 20.0. The van der Waals surface area contributed by atoms with Crippen LogP contribution in [0.5, 0.6) is 0 Å². The first-order valence-corrected chi connectivity index (χ1v) is 10.8. The lowest BCUT2D eigenvalue weighted by atomic mass is 10.1. The number of halogens is 1. The van der Waals surface area contributed by atoms with Gasteiger partial charge in [0.1, 0.15) is 0 Å². The van der Waals surface area contributed by atoms with Crippen molar-refractivity contribution in [2.45, 2.75) is 4.90 Å². The van der Waals surface area contributed by atoms with Crippen molar-refractivity contribution < 1.29 is 12.8 Å². The van der Waals surface area contributed by atoms with Crippen LogP contribution in [-0.2, 0) is 10.0 Å². The van der Waals surface area contributed by atoms with Crippen LogP contribution in [0.4, 0.5) is 4.39 Å². The predicted octanol–water partition coefficient (Wildman–Crippen LogP) is 2.66. The topological polar surface area (TPSA) is 98.1 Å². The highest BCUT2D eigenvalue weighted by atomic mass is 32.2. The van der Waals surface area contributed by atoms with Crippen molar-refractivity contribution in [2.24, 2.45) is 0 Å². The number of fused-ring (bicyclic) bond motifs is 2. The van der Waals surface area contributed by atoms with Crippen molar-refractivity contribution in [3.8, 4) is 11.3 Å². The first kappa shape index (κ1) is 20.3. The number of sulfonamides is 1. The fourth-order valence-electron chi connectivity index (χ4n) is 3.31. The minimum absolute atomic E-state index is 0.0205. The van der Waals surface area contributed by atoms with Crippen LogP contribution < -0.4 is 10.3 Å². The number of pyridine rings is 1. The van der Waals surface area contributed by atoms with E-state index in [-0.39, 0.29) is 28.1 Å². The average Bonchev–Trinajstić information content (AvgIpc) is 3.03. The van der Waals surface area contributed by atoms with Gasteiger partial charge in [-0.05, 0) is 49.8 Å². The monoisotopic (exact) mass is 428 g/mol. The van der Waals surface area contributed by atoms with Crippen LogP contribution in [0.15, 0.2) is 58.2 Å². The molecule has 0 bridgehead atoms. The molecule has 0 radical (unpaired) electrons. The number of likely N-dealkylation sites (N-methyl/N-ethyl adjacent to an activating group) is 1. The van der Waals surface area contributed by atoms with Crippen LogP contribution in [0.1, 0.15) is 0 Å². The summed E-state index contributed by atoms with van der Waals surface area (Å²) in [6.45, 7) is 0.773. The second-order valence-corrected chi connectivity index (χ2v) is 9.09. The maximum atomic E-state index is 15.2. The van der Waals surface area contributed by atoms with E-state index in [1.165, 1.54) is 18.2 Å². The standard InChI is InChI=1S/C21H21FN4O3S/c1-26(2)10-9-23-30(28,29)14-7-8-18-15(12-14)19(22)20(24-18)16-11-13-5-3-4-6-17(13)25-21(16)27/h3-8,11-12,23-24H,9-10H2,1-2H3,(H,25,27). The lowest BCUT2D eigenvalue weighted by Gasteiger charge is -2.11. The van der Waals surface area contributed by atoms with Gasteiger partial charge < -0.3 is 14.9 Å². The van der Waals surface area contributed by atoms with E-state index >= 15 is 4.39 Å². The van der Waals surface area contributed by atoms with Gasteiger partial charge in [-0.25, -0.2) is 17.5 Å². The Bertz CT molecular complexity index is 1410. The van der Waals surface area contributed by atoms with E-state index < -0.39 is 21.4 Å². The highest BCUT2D eigenvalue weighted by molar-refractivity contribution is 7.89. The van der Waals surface area contributed by atoms with Crippen molar-refractivity contribution >= 4 is 31.8 Å². The molecule has 7 nitrogen and oxygen atoms in total. The summed E-state index contributed by atoms with van der Waals surface area (Å²) in [5, 5.41) is 0.867. The Balaban J connectivity index is 1.77. The van der Waals surface area contributed by atoms with Gasteiger partial charge >= 0.3 is 0 Å². The van der Waals surface area contributed by atoms with Crippen molar-refractivity contribution in [3.05, 3.63) is 64.7 Å². The lowest BCUT2D eigenvalue weighted by Crippen LogP contribution is -2.31. The fraction of sp³-hybridized carbons (Fsp3) is 0.190. The molecule has 0 saturated carbocycles. The van der Waals surface area contributed by atoms with Gasteiger partial charge in [-0.15, -0.1) is 0 Å². The molecule has 0 unspecified atom stereocenters. The Labute approximate surface area is 172 Å². The summed E-state index contributed by atoms with van der Waals surface area (Å²) >= 11 is 0. The molecule has 0 saturated heterocycles. The first-order chi connectivity index (χ1) is 14.3. The number of para-hydroxylation sites is 1. The molecule has 2 aromatic carbocycles. The van der Waals surface area contributed by atoms with Crippen LogP contribution in [-0.4, -0.2) is 50.5 Å². The third-order valence-electron chi connectivity index (χ3n) is 4.89. The van der Waals surface area contributed by atoms with E-state index in [0.717, 1.165) is 5.39 Å².